The number of aryl methyl sites for hydroxylation is 1. The van der Waals surface area contributed by atoms with E-state index in [-0.39, 0.29) is 90.0 Å². The van der Waals surface area contributed by atoms with Crippen molar-refractivity contribution >= 4 is 39.3 Å². The Kier molecular flexibility index (Phi) is 35.5. The van der Waals surface area contributed by atoms with Gasteiger partial charge in [-0.1, -0.05) is 90.8 Å². The number of likely N-dealkylation sites (N-methyl/N-ethyl adjacent to an activating group) is 2. The first-order chi connectivity index (χ1) is 48.1. The number of nitrogens with two attached hydrogens (primary N) is 3. The third-order valence-electron chi connectivity index (χ3n) is 21.9. The number of carbonyl (C=O) groups is 3. The van der Waals surface area contributed by atoms with Gasteiger partial charge in [0.2, 0.25) is 5.91 Å². The van der Waals surface area contributed by atoms with E-state index in [0.29, 0.717) is 108 Å². The molecule has 5 saturated carbocycles. The molecule has 1 amide bonds. The maximum Gasteiger partial charge on any atom is 1.00 e. The Morgan fingerprint density at radius 3 is 2.04 bits per heavy atom. The van der Waals surface area contributed by atoms with Crippen LogP contribution in [0.4, 0.5) is 11.4 Å². The van der Waals surface area contributed by atoms with E-state index in [4.69, 9.17) is 46.8 Å². The van der Waals surface area contributed by atoms with Crippen molar-refractivity contribution in [3.05, 3.63) is 133 Å². The van der Waals surface area contributed by atoms with Crippen molar-refractivity contribution < 1.29 is 91.2 Å². The van der Waals surface area contributed by atoms with Crippen molar-refractivity contribution in [3.63, 3.8) is 0 Å². The molecule has 4 aromatic rings. The number of benzene rings is 3. The Hall–Kier alpha value is -5.91. The molecule has 0 bridgehead atoms. The Labute approximate surface area is 624 Å². The van der Waals surface area contributed by atoms with Crippen LogP contribution in [0.2, 0.25) is 0 Å². The van der Waals surface area contributed by atoms with Crippen LogP contribution in [-0.4, -0.2) is 174 Å². The van der Waals surface area contributed by atoms with Gasteiger partial charge in [-0.05, 0) is 198 Å². The minimum Gasteiger partial charge on any atom is -0.748 e. The second-order valence-electron chi connectivity index (χ2n) is 28.3. The normalized spacial score (nSPS) is 26.8. The summed E-state index contributed by atoms with van der Waals surface area (Å²) in [6, 6.07) is 22.1. The maximum absolute atomic E-state index is 12.2. The number of nitrogen functional groups attached to an aromatic ring is 2. The largest absolute Gasteiger partial charge is 1.00 e. The smallest absolute Gasteiger partial charge is 0.748 e. The van der Waals surface area contributed by atoms with Gasteiger partial charge in [0.15, 0.2) is 0 Å². The number of esters is 2. The number of hydrogen-bond acceptors (Lipinski definition) is 21. The molecule has 1 saturated heterocycles. The number of aromatic nitrogens is 2. The van der Waals surface area contributed by atoms with Gasteiger partial charge in [0, 0.05) is 78.5 Å². The second kappa shape index (κ2) is 41.7. The number of ether oxygens (including phenoxy) is 4. The molecular formula is C74H114N11NaO15S. The van der Waals surface area contributed by atoms with Crippen molar-refractivity contribution in [1.29, 1.82) is 0 Å². The molecule has 6 fully saturated rings. The van der Waals surface area contributed by atoms with E-state index in [1.54, 1.807) is 49.4 Å². The fourth-order valence-electron chi connectivity index (χ4n) is 15.9. The van der Waals surface area contributed by atoms with Crippen molar-refractivity contribution in [1.82, 2.24) is 24.7 Å². The Morgan fingerprint density at radius 2 is 1.45 bits per heavy atom. The molecule has 1 aromatic heterocycles. The maximum atomic E-state index is 12.2. The third kappa shape index (κ3) is 24.9. The van der Waals surface area contributed by atoms with Gasteiger partial charge in [-0.3, -0.25) is 19.1 Å². The van der Waals surface area contributed by atoms with Gasteiger partial charge in [0.1, 0.15) is 30.8 Å². The van der Waals surface area contributed by atoms with Crippen molar-refractivity contribution in [3.8, 4) is 5.75 Å². The molecule has 7 unspecified atom stereocenters. The van der Waals surface area contributed by atoms with Gasteiger partial charge < -0.3 is 71.1 Å². The van der Waals surface area contributed by atoms with Crippen LogP contribution in [0.1, 0.15) is 183 Å². The van der Waals surface area contributed by atoms with Crippen molar-refractivity contribution in [2.75, 3.05) is 89.5 Å². The number of hydrogen-bond donors (Lipinski definition) is 8. The Bertz CT molecular complexity index is 3540. The number of rotatable bonds is 26. The topological polar surface area (TPSA) is 406 Å². The summed E-state index contributed by atoms with van der Waals surface area (Å²) in [7, 11) is -4.31. The predicted octanol–water partition coefficient (Wildman–Crippen LogP) is 5.69. The molecule has 102 heavy (non-hydrogen) atoms. The van der Waals surface area contributed by atoms with Crippen LogP contribution in [0.5, 0.6) is 5.75 Å². The summed E-state index contributed by atoms with van der Waals surface area (Å²) >= 11 is 0. The number of aliphatic hydroxyl groups excluding tert-OH is 3. The Morgan fingerprint density at radius 1 is 0.843 bits per heavy atom. The average Bonchev–Trinajstić information content (AvgIpc) is 1.35. The second-order valence-corrected chi connectivity index (χ2v) is 29.9. The molecule has 28 heteroatoms. The number of aromatic amines is 1. The number of carbonyl (C=O) groups excluding carboxylic acids is 3. The quantitative estimate of drug-likeness (QED) is 0.00712. The molecule has 0 spiro atoms. The number of azide groups is 1. The molecule has 11 N–H and O–H groups in total. The standard InChI is InChI=1S/C26H45NO6S.C16H26N2O3.C13H20N2O2.C10H13N5O4.C9H11N.Na/c1-16(4-7-23(30)27-12-13-34(31,32)33)19-5-6-20-24-21(9-11-26(19,20)3)25(2)10-8-18(28)14-17(25)15-22(24)29;1-4-10-20-15-12-13(17)7-8-14(15)16(19)21-11-9-18(5-2)6-3;1-3-15(4-2)9-10-17-13(16)11-5-7-12(14)8-6-11;1-5-3-15(10(18)12-9(5)17)8-2-6(13-14-11)7(4-16)19-8;10-9-6-8(9)7-4-2-1-3-5-7;/h16-22,24,28-29H,4-15H2,1-3H3,(H,27,30)(H,31,32,33);7-8,12H,4-6,9-11,17H2,1-3H3;5-8H,3-4,9-10,14H2,1-2H3;3,6-8,16H,2,4H2,1H3,(H,12,17,18);1-5,8-9H,6,10H2;/q;;;;;+1/p-1/t16?,17-,18?,19+,20?,21?,22-,24-,25-,26+;;;;8-,9+;/m0...0./s1. The van der Waals surface area contributed by atoms with E-state index in [9.17, 15) is 47.2 Å². The number of nitrogens with zero attached hydrogens (tertiary/aromatic N) is 6. The van der Waals surface area contributed by atoms with Crippen LogP contribution in [-0.2, 0) is 29.1 Å². The van der Waals surface area contributed by atoms with E-state index in [2.05, 4.69) is 103 Å². The van der Waals surface area contributed by atoms with Crippen LogP contribution in [0.3, 0.4) is 0 Å². The van der Waals surface area contributed by atoms with Crippen molar-refractivity contribution in [2.45, 2.75) is 188 Å². The van der Waals surface area contributed by atoms with Gasteiger partial charge in [-0.25, -0.2) is 22.8 Å². The number of fused-ring (bicyclic) bond motifs is 5. The summed E-state index contributed by atoms with van der Waals surface area (Å²) < 4.78 is 54.9. The minimum atomic E-state index is -4.31. The summed E-state index contributed by atoms with van der Waals surface area (Å²) in [5.74, 6) is 2.40. The van der Waals surface area contributed by atoms with Crippen LogP contribution in [0.25, 0.3) is 10.4 Å². The van der Waals surface area contributed by atoms with E-state index in [1.807, 2.05) is 13.0 Å². The van der Waals surface area contributed by atoms with Crippen molar-refractivity contribution in [2.24, 2.45) is 57.2 Å². The average molecular weight is 1450 g/mol. The number of amides is 1. The first-order valence-electron chi connectivity index (χ1n) is 36.2. The molecule has 6 aliphatic rings. The number of nitrogens with one attached hydrogen (secondary N) is 2. The fraction of sp³-hybridized carbons (Fsp3) is 0.662. The summed E-state index contributed by atoms with van der Waals surface area (Å²) in [4.78, 5) is 68.2. The monoisotopic (exact) mass is 1450 g/mol. The molecule has 1 aliphatic heterocycles. The summed E-state index contributed by atoms with van der Waals surface area (Å²) in [6.07, 6.45) is 11.1. The molecule has 26 nitrogen and oxygen atoms in total. The van der Waals surface area contributed by atoms with Crippen LogP contribution < -0.4 is 68.1 Å². The predicted molar refractivity (Wildman–Crippen MR) is 389 cm³/mol. The number of aliphatic hydroxyl groups is 3. The van der Waals surface area contributed by atoms with E-state index in [0.717, 1.165) is 97.1 Å². The molecule has 562 valence electrons. The molecule has 0 radical (unpaired) electrons. The zero-order valence-corrected chi connectivity index (χ0v) is 64.6. The molecule has 5 aliphatic carbocycles. The van der Waals surface area contributed by atoms with Crippen LogP contribution >= 0.6 is 0 Å². The zero-order chi connectivity index (χ0) is 74.2. The molecule has 10 rings (SSSR count). The van der Waals surface area contributed by atoms with Gasteiger partial charge in [-0.2, -0.15) is 0 Å². The minimum absolute atomic E-state index is 0. The molecule has 2 heterocycles. The van der Waals surface area contributed by atoms with Gasteiger partial charge in [0.25, 0.3) is 5.56 Å². The van der Waals surface area contributed by atoms with E-state index in [1.165, 1.54) is 29.2 Å². The van der Waals surface area contributed by atoms with E-state index >= 15 is 0 Å². The summed E-state index contributed by atoms with van der Waals surface area (Å²) in [6.45, 7) is 25.3. The van der Waals surface area contributed by atoms with Crippen LogP contribution in [0.15, 0.2) is 93.7 Å². The third-order valence-corrected chi connectivity index (χ3v) is 22.6. The first kappa shape index (κ1) is 86.7. The summed E-state index contributed by atoms with van der Waals surface area (Å²) in [5, 5.41) is 36.8. The van der Waals surface area contributed by atoms with Crippen LogP contribution in [0, 0.1) is 53.3 Å². The SMILES string of the molecule is CC(CCC(=O)NCCS(=O)(=O)[O-])[C@H]1CCC2[C@H]3C(CC[C@@]21C)[C@@]1(C)CCC(O)C[C@H]1C[C@@H]3O.CCCOc1cc(N)ccc1C(=O)OCCN(CC)CC.CCN(CC)CCOC(=O)c1ccc(N)cc1.Cc1cn(C2CC(N=[N+]=[N-])C(CO)O2)c(=O)[nH]c1=O.N[C@@H]1C[C@H]1c1ccccc1.[Na+]. The zero-order valence-electron chi connectivity index (χ0n) is 61.8. The summed E-state index contributed by atoms with van der Waals surface area (Å²) in [5.41, 5.74) is 28.7. The van der Waals surface area contributed by atoms with E-state index < -0.39 is 45.5 Å². The molecule has 15 atom stereocenters. The fourth-order valence-corrected chi connectivity index (χ4v) is 16.3. The number of anilines is 2. The molecular weight excluding hydrogens is 1340 g/mol. The Balaban J connectivity index is 0.000000241. The number of H-pyrrole nitrogens is 1. The van der Waals surface area contributed by atoms with Gasteiger partial charge in [-0.15, -0.1) is 0 Å². The molecule has 3 aromatic carbocycles. The van der Waals surface area contributed by atoms with Gasteiger partial charge in [0.05, 0.1) is 59.0 Å². The van der Waals surface area contributed by atoms with Gasteiger partial charge >= 0.3 is 47.2 Å². The first-order valence-corrected chi connectivity index (χ1v) is 37.8.